The molecular formula is C13H16NO. The summed E-state index contributed by atoms with van der Waals surface area (Å²) in [5.74, 6) is 0.108. The van der Waals surface area contributed by atoms with Crippen LogP contribution in [0.1, 0.15) is 36.5 Å². The van der Waals surface area contributed by atoms with Crippen molar-refractivity contribution < 1.29 is 4.79 Å². The first-order valence-corrected chi connectivity index (χ1v) is 5.55. The van der Waals surface area contributed by atoms with Crippen molar-refractivity contribution in [1.82, 2.24) is 0 Å². The highest BCUT2D eigenvalue weighted by Gasteiger charge is 2.10. The molecular weight excluding hydrogens is 186 g/mol. The highest BCUT2D eigenvalue weighted by molar-refractivity contribution is 5.94. The van der Waals surface area contributed by atoms with Gasteiger partial charge in [0, 0.05) is 30.4 Å². The van der Waals surface area contributed by atoms with E-state index < -0.39 is 0 Å². The van der Waals surface area contributed by atoms with Crippen LogP contribution in [0.15, 0.2) is 18.2 Å². The number of anilines is 1. The molecule has 1 radical (unpaired) electrons. The molecule has 0 aromatic heterocycles. The van der Waals surface area contributed by atoms with Crippen molar-refractivity contribution in [3.63, 3.8) is 0 Å². The summed E-state index contributed by atoms with van der Waals surface area (Å²) in [6.45, 7) is 3.83. The summed E-state index contributed by atoms with van der Waals surface area (Å²) in [6.07, 6.45) is 3.87. The van der Waals surface area contributed by atoms with Crippen molar-refractivity contribution in [2.45, 2.75) is 26.2 Å². The predicted octanol–water partition coefficient (Wildman–Crippen LogP) is 2.68. The van der Waals surface area contributed by atoms with Crippen molar-refractivity contribution >= 4 is 11.5 Å². The number of piperidine rings is 1. The van der Waals surface area contributed by atoms with Gasteiger partial charge in [-0.1, -0.05) is 0 Å². The topological polar surface area (TPSA) is 20.3 Å². The van der Waals surface area contributed by atoms with Crippen LogP contribution in [-0.2, 0) is 0 Å². The van der Waals surface area contributed by atoms with E-state index >= 15 is 0 Å². The zero-order valence-electron chi connectivity index (χ0n) is 9.12. The Bertz CT molecular complexity index is 336. The average molecular weight is 202 g/mol. The van der Waals surface area contributed by atoms with Gasteiger partial charge in [-0.25, -0.2) is 0 Å². The van der Waals surface area contributed by atoms with Gasteiger partial charge in [-0.2, -0.15) is 0 Å². The maximum absolute atomic E-state index is 11.1. The van der Waals surface area contributed by atoms with Crippen LogP contribution in [0.5, 0.6) is 0 Å². The van der Waals surface area contributed by atoms with E-state index in [2.05, 4.69) is 11.0 Å². The van der Waals surface area contributed by atoms with Crippen LogP contribution in [0.2, 0.25) is 0 Å². The van der Waals surface area contributed by atoms with E-state index in [4.69, 9.17) is 0 Å². The van der Waals surface area contributed by atoms with Gasteiger partial charge in [-0.05, 0) is 44.4 Å². The molecule has 1 saturated heterocycles. The molecule has 1 aliphatic rings. The number of hydrogen-bond acceptors (Lipinski definition) is 2. The third-order valence-electron chi connectivity index (χ3n) is 2.90. The molecule has 79 valence electrons. The van der Waals surface area contributed by atoms with Crippen molar-refractivity contribution in [3.8, 4) is 0 Å². The summed E-state index contributed by atoms with van der Waals surface area (Å²) in [6, 6.07) is 8.88. The van der Waals surface area contributed by atoms with Crippen LogP contribution in [0.3, 0.4) is 0 Å². The third-order valence-corrected chi connectivity index (χ3v) is 2.90. The van der Waals surface area contributed by atoms with Crippen LogP contribution in [-0.4, -0.2) is 18.9 Å². The zero-order valence-corrected chi connectivity index (χ0v) is 9.12. The van der Waals surface area contributed by atoms with Crippen LogP contribution < -0.4 is 4.90 Å². The lowest BCUT2D eigenvalue weighted by Crippen LogP contribution is -2.29. The maximum atomic E-state index is 11.1. The van der Waals surface area contributed by atoms with Gasteiger partial charge in [-0.15, -0.1) is 0 Å². The van der Waals surface area contributed by atoms with Crippen LogP contribution in [0.4, 0.5) is 5.69 Å². The van der Waals surface area contributed by atoms with Gasteiger partial charge in [0.15, 0.2) is 5.78 Å². The largest absolute Gasteiger partial charge is 0.371 e. The van der Waals surface area contributed by atoms with E-state index in [1.807, 2.05) is 12.1 Å². The summed E-state index contributed by atoms with van der Waals surface area (Å²) in [5, 5.41) is 0. The van der Waals surface area contributed by atoms with Crippen LogP contribution in [0.25, 0.3) is 0 Å². The lowest BCUT2D eigenvalue weighted by molar-refractivity contribution is 0.101. The molecule has 0 aliphatic carbocycles. The second kappa shape index (κ2) is 4.47. The number of benzene rings is 1. The molecule has 1 aliphatic heterocycles. The first-order chi connectivity index (χ1) is 7.27. The number of carbonyl (C=O) groups excluding carboxylic acids is 1. The number of rotatable bonds is 2. The first-order valence-electron chi connectivity index (χ1n) is 5.55. The molecule has 2 nitrogen and oxygen atoms in total. The number of nitrogens with zero attached hydrogens (tertiary/aromatic N) is 1. The second-order valence-electron chi connectivity index (χ2n) is 4.07. The Kier molecular flexibility index (Phi) is 3.05. The minimum absolute atomic E-state index is 0.108. The van der Waals surface area contributed by atoms with Gasteiger partial charge in [0.1, 0.15) is 0 Å². The molecule has 0 N–H and O–H groups in total. The lowest BCUT2D eigenvalue weighted by Gasteiger charge is -2.28. The van der Waals surface area contributed by atoms with Crippen molar-refractivity contribution in [3.05, 3.63) is 29.8 Å². The standard InChI is InChI=1S/C13H16NO/c1-11(15)12-5-7-13(8-6-12)14-9-3-2-4-10-14/h5-7H,2-4,9-10H2,1H3. The van der Waals surface area contributed by atoms with E-state index in [9.17, 15) is 4.79 Å². The molecule has 1 aromatic rings. The Labute approximate surface area is 90.9 Å². The first kappa shape index (κ1) is 10.2. The number of Topliss-reactive ketones (excluding diaryl/α,β-unsaturated/α-hetero) is 1. The molecule has 0 atom stereocenters. The van der Waals surface area contributed by atoms with Gasteiger partial charge in [0.05, 0.1) is 0 Å². The molecule has 2 rings (SSSR count). The molecule has 15 heavy (non-hydrogen) atoms. The molecule has 1 aromatic carbocycles. The van der Waals surface area contributed by atoms with Crippen LogP contribution >= 0.6 is 0 Å². The smallest absolute Gasteiger partial charge is 0.159 e. The SMILES string of the molecule is CC(=O)c1c[c]c(N2CCCCC2)cc1. The number of carbonyl (C=O) groups is 1. The molecule has 1 fully saturated rings. The monoisotopic (exact) mass is 202 g/mol. The van der Waals surface area contributed by atoms with E-state index in [0.29, 0.717) is 0 Å². The van der Waals surface area contributed by atoms with Gasteiger partial charge >= 0.3 is 0 Å². The predicted molar refractivity (Wildman–Crippen MR) is 61.3 cm³/mol. The summed E-state index contributed by atoms with van der Waals surface area (Å²) in [4.78, 5) is 13.4. The average Bonchev–Trinajstić information content (AvgIpc) is 2.30. The summed E-state index contributed by atoms with van der Waals surface area (Å²) in [7, 11) is 0. The fourth-order valence-corrected chi connectivity index (χ4v) is 1.97. The Hall–Kier alpha value is -1.31. The van der Waals surface area contributed by atoms with Crippen molar-refractivity contribution in [2.75, 3.05) is 18.0 Å². The number of hydrogen-bond donors (Lipinski definition) is 0. The van der Waals surface area contributed by atoms with E-state index in [0.717, 1.165) is 24.3 Å². The van der Waals surface area contributed by atoms with Gasteiger partial charge < -0.3 is 4.90 Å². The summed E-state index contributed by atoms with van der Waals surface area (Å²) < 4.78 is 0. The fourth-order valence-electron chi connectivity index (χ4n) is 1.97. The molecule has 0 spiro atoms. The molecule has 0 bridgehead atoms. The van der Waals surface area contributed by atoms with Crippen molar-refractivity contribution in [1.29, 1.82) is 0 Å². The zero-order chi connectivity index (χ0) is 10.7. The quantitative estimate of drug-likeness (QED) is 0.687. The molecule has 0 saturated carbocycles. The molecule has 0 amide bonds. The Morgan fingerprint density at radius 3 is 2.53 bits per heavy atom. The highest BCUT2D eigenvalue weighted by Crippen LogP contribution is 2.19. The summed E-state index contributed by atoms with van der Waals surface area (Å²) >= 11 is 0. The minimum atomic E-state index is 0.108. The van der Waals surface area contributed by atoms with Crippen LogP contribution in [0, 0.1) is 6.07 Å². The lowest BCUT2D eigenvalue weighted by atomic mass is 10.1. The molecule has 1 heterocycles. The third kappa shape index (κ3) is 2.38. The fraction of sp³-hybridized carbons (Fsp3) is 0.462. The van der Waals surface area contributed by atoms with E-state index in [-0.39, 0.29) is 5.78 Å². The number of ketones is 1. The van der Waals surface area contributed by atoms with Gasteiger partial charge in [0.2, 0.25) is 0 Å². The highest BCUT2D eigenvalue weighted by atomic mass is 16.1. The normalized spacial score (nSPS) is 16.5. The molecule has 2 heteroatoms. The Morgan fingerprint density at radius 1 is 1.27 bits per heavy atom. The Morgan fingerprint density at radius 2 is 2.00 bits per heavy atom. The minimum Gasteiger partial charge on any atom is -0.371 e. The second-order valence-corrected chi connectivity index (χ2v) is 4.07. The van der Waals surface area contributed by atoms with Gasteiger partial charge in [0.25, 0.3) is 0 Å². The summed E-state index contributed by atoms with van der Waals surface area (Å²) in [5.41, 5.74) is 1.87. The van der Waals surface area contributed by atoms with E-state index in [1.54, 1.807) is 13.0 Å². The van der Waals surface area contributed by atoms with Gasteiger partial charge in [-0.3, -0.25) is 4.79 Å². The Balaban J connectivity index is 2.11. The van der Waals surface area contributed by atoms with E-state index in [1.165, 1.54) is 19.3 Å². The maximum Gasteiger partial charge on any atom is 0.159 e. The van der Waals surface area contributed by atoms with Crippen molar-refractivity contribution in [2.24, 2.45) is 0 Å². The molecule has 0 unspecified atom stereocenters.